The van der Waals surface area contributed by atoms with Crippen molar-refractivity contribution in [3.63, 3.8) is 0 Å². The van der Waals surface area contributed by atoms with Gasteiger partial charge in [-0.2, -0.15) is 0 Å². The maximum Gasteiger partial charge on any atom is -0.0198 e. The Hall–Kier alpha value is 0. The molecule has 0 heterocycles. The van der Waals surface area contributed by atoms with Crippen LogP contribution >= 0.6 is 0 Å². The van der Waals surface area contributed by atoms with Crippen LogP contribution in [0.5, 0.6) is 0 Å². The molecule has 0 N–H and O–H groups in total. The molecule has 0 radical (unpaired) electrons. The van der Waals surface area contributed by atoms with E-state index in [1.165, 1.54) is 35.5 Å². The molecule has 0 aromatic carbocycles. The Balaban J connectivity index is 1.90. The van der Waals surface area contributed by atoms with Gasteiger partial charge in [-0.3, -0.25) is 0 Å². The van der Waals surface area contributed by atoms with Gasteiger partial charge in [-0.25, -0.2) is 0 Å². The van der Waals surface area contributed by atoms with Crippen LogP contribution in [0.25, 0.3) is 0 Å². The quantitative estimate of drug-likeness (QED) is 0.511. The van der Waals surface area contributed by atoms with E-state index in [9.17, 15) is 0 Å². The monoisotopic (exact) mass is 160 g/mol. The molecule has 0 amide bonds. The fourth-order valence-electron chi connectivity index (χ4n) is 6.99. The van der Waals surface area contributed by atoms with E-state index in [2.05, 4.69) is 13.8 Å². The topological polar surface area (TPSA) is 0 Å². The summed E-state index contributed by atoms with van der Waals surface area (Å²) in [6.07, 6.45) is 3.22. The van der Waals surface area contributed by atoms with Gasteiger partial charge in [-0.1, -0.05) is 13.8 Å². The normalized spacial score (nSPS) is 90.5. The van der Waals surface area contributed by atoms with E-state index in [-0.39, 0.29) is 0 Å². The van der Waals surface area contributed by atoms with Crippen molar-refractivity contribution in [2.75, 3.05) is 0 Å². The third-order valence-electron chi connectivity index (χ3n) is 7.16. The summed E-state index contributed by atoms with van der Waals surface area (Å²) in [5, 5.41) is 0. The summed E-state index contributed by atoms with van der Waals surface area (Å²) in [4.78, 5) is 0. The predicted molar refractivity (Wildman–Crippen MR) is 46.4 cm³/mol. The van der Waals surface area contributed by atoms with Gasteiger partial charge in [0.25, 0.3) is 0 Å². The molecule has 0 aliphatic heterocycles. The van der Waals surface area contributed by atoms with Crippen molar-refractivity contribution in [1.82, 2.24) is 0 Å². The third-order valence-corrected chi connectivity index (χ3v) is 7.16. The van der Waals surface area contributed by atoms with Crippen LogP contribution in [-0.4, -0.2) is 0 Å². The summed E-state index contributed by atoms with van der Waals surface area (Å²) in [6, 6.07) is 0. The van der Waals surface area contributed by atoms with E-state index in [0.29, 0.717) is 0 Å². The zero-order valence-corrected chi connectivity index (χ0v) is 7.88. The molecule has 6 aliphatic carbocycles. The van der Waals surface area contributed by atoms with Gasteiger partial charge in [0.15, 0.2) is 0 Å². The highest BCUT2D eigenvalue weighted by molar-refractivity contribution is 5.44. The first-order chi connectivity index (χ1) is 5.72. The van der Waals surface area contributed by atoms with Crippen LogP contribution in [0.15, 0.2) is 0 Å². The van der Waals surface area contributed by atoms with Crippen molar-refractivity contribution >= 4 is 0 Å². The first-order valence-electron chi connectivity index (χ1n) is 5.72. The average molecular weight is 160 g/mol. The molecule has 12 heavy (non-hydrogen) atoms. The molecular weight excluding hydrogens is 144 g/mol. The van der Waals surface area contributed by atoms with Gasteiger partial charge < -0.3 is 0 Å². The second kappa shape index (κ2) is 1.07. The van der Waals surface area contributed by atoms with Gasteiger partial charge in [-0.05, 0) is 59.2 Å². The van der Waals surface area contributed by atoms with Crippen LogP contribution in [0, 0.1) is 46.3 Å². The summed E-state index contributed by atoms with van der Waals surface area (Å²) in [5.41, 5.74) is 1.74. The van der Waals surface area contributed by atoms with E-state index in [4.69, 9.17) is 0 Å². The zero-order chi connectivity index (χ0) is 7.88. The van der Waals surface area contributed by atoms with E-state index in [1.54, 1.807) is 12.8 Å². The minimum atomic E-state index is 0.869. The van der Waals surface area contributed by atoms with Crippen LogP contribution < -0.4 is 0 Å². The number of hydrogen-bond acceptors (Lipinski definition) is 0. The summed E-state index contributed by atoms with van der Waals surface area (Å²) in [7, 11) is 0. The van der Waals surface area contributed by atoms with Gasteiger partial charge in [0.2, 0.25) is 0 Å². The summed E-state index contributed by atoms with van der Waals surface area (Å²) < 4.78 is 0. The lowest BCUT2D eigenvalue weighted by atomic mass is 9.71. The Morgan fingerprint density at radius 3 is 1.33 bits per heavy atom. The van der Waals surface area contributed by atoms with Gasteiger partial charge in [0.1, 0.15) is 0 Å². The lowest BCUT2D eigenvalue weighted by molar-refractivity contribution is 0.146. The van der Waals surface area contributed by atoms with Crippen LogP contribution in [0.4, 0.5) is 0 Å². The van der Waals surface area contributed by atoms with E-state index >= 15 is 0 Å². The second-order valence-corrected chi connectivity index (χ2v) is 6.57. The van der Waals surface area contributed by atoms with Crippen LogP contribution in [0.3, 0.4) is 0 Å². The molecule has 0 saturated heterocycles. The molecule has 0 aromatic heterocycles. The molecule has 0 spiro atoms. The van der Waals surface area contributed by atoms with Gasteiger partial charge in [-0.15, -0.1) is 0 Å². The molecule has 4 atom stereocenters. The summed E-state index contributed by atoms with van der Waals surface area (Å²) in [5.74, 6) is 7.29. The van der Waals surface area contributed by atoms with E-state index in [0.717, 1.165) is 10.8 Å². The Morgan fingerprint density at radius 1 is 0.750 bits per heavy atom. The Labute approximate surface area is 73.7 Å². The van der Waals surface area contributed by atoms with Crippen LogP contribution in [0.1, 0.15) is 26.7 Å². The van der Waals surface area contributed by atoms with Crippen LogP contribution in [-0.2, 0) is 0 Å². The first kappa shape index (κ1) is 5.67. The largest absolute Gasteiger partial charge is 0.0585 e. The van der Waals surface area contributed by atoms with Gasteiger partial charge in [0.05, 0.1) is 0 Å². The van der Waals surface area contributed by atoms with Crippen molar-refractivity contribution in [1.29, 1.82) is 0 Å². The maximum atomic E-state index is 2.63. The molecule has 0 heteroatoms. The highest BCUT2D eigenvalue weighted by atomic mass is 15.0. The maximum absolute atomic E-state index is 2.63. The van der Waals surface area contributed by atoms with E-state index in [1.807, 2.05) is 0 Å². The van der Waals surface area contributed by atoms with Crippen molar-refractivity contribution in [3.05, 3.63) is 0 Å². The van der Waals surface area contributed by atoms with Crippen molar-refractivity contribution in [2.24, 2.45) is 46.3 Å². The molecular formula is C12H16. The fraction of sp³-hybridized carbons (Fsp3) is 1.00. The lowest BCUT2D eigenvalue weighted by Gasteiger charge is -2.34. The minimum absolute atomic E-state index is 0.869. The second-order valence-electron chi connectivity index (χ2n) is 6.57. The number of rotatable bonds is 0. The molecule has 6 rings (SSSR count). The van der Waals surface area contributed by atoms with E-state index < -0.39 is 0 Å². The SMILES string of the molecule is CC12C3C4CCC(C31)C1C4C12C. The van der Waals surface area contributed by atoms with Crippen molar-refractivity contribution in [2.45, 2.75) is 26.7 Å². The first-order valence-corrected chi connectivity index (χ1v) is 5.72. The summed E-state index contributed by atoms with van der Waals surface area (Å²) >= 11 is 0. The molecule has 0 aromatic rings. The number of fused-ring (bicyclic) bond motifs is 1. The van der Waals surface area contributed by atoms with Gasteiger partial charge >= 0.3 is 0 Å². The predicted octanol–water partition coefficient (Wildman–Crippen LogP) is 2.54. The van der Waals surface area contributed by atoms with Crippen molar-refractivity contribution in [3.8, 4) is 0 Å². The molecule has 6 saturated carbocycles. The average Bonchev–Trinajstić information content (AvgIpc) is 2.88. The smallest absolute Gasteiger partial charge is 0.0198 e. The molecule has 6 fully saturated rings. The summed E-state index contributed by atoms with van der Waals surface area (Å²) in [6.45, 7) is 5.25. The van der Waals surface area contributed by atoms with Crippen molar-refractivity contribution < 1.29 is 0 Å². The van der Waals surface area contributed by atoms with Crippen LogP contribution in [0.2, 0.25) is 0 Å². The highest BCUT2D eigenvalue weighted by Gasteiger charge is 2.98. The molecule has 64 valence electrons. The molecule has 2 bridgehead atoms. The van der Waals surface area contributed by atoms with Gasteiger partial charge in [0, 0.05) is 0 Å². The molecule has 0 nitrogen and oxygen atoms in total. The fourth-order valence-corrected chi connectivity index (χ4v) is 6.99. The highest BCUT2D eigenvalue weighted by Crippen LogP contribution is 3.02. The number of hydrogen-bond donors (Lipinski definition) is 0. The Kier molecular flexibility index (Phi) is 0.508. The Morgan fingerprint density at radius 2 is 1.08 bits per heavy atom. The third kappa shape index (κ3) is 0.241. The molecule has 4 unspecified atom stereocenters. The lowest BCUT2D eigenvalue weighted by Crippen LogP contribution is -2.27. The Bertz CT molecular complexity index is 250. The zero-order valence-electron chi connectivity index (χ0n) is 7.88. The standard InChI is InChI=1S/C12H16/c1-11-7-5-3-4-6(8(7)11)10-9(5)12(10,11)2/h5-10H,3-4H2,1-2H3. The minimum Gasteiger partial charge on any atom is -0.0585 e. The molecule has 6 aliphatic rings.